The fraction of sp³-hybridized carbons (Fsp3) is 0.467. The number of nitrogens with zero attached hydrogens (tertiary/aromatic N) is 2. The van der Waals surface area contributed by atoms with Crippen molar-refractivity contribution in [2.24, 2.45) is 0 Å². The van der Waals surface area contributed by atoms with Crippen LogP contribution in [-0.2, 0) is 14.3 Å². The molecule has 0 aliphatic carbocycles. The Balaban J connectivity index is 1.85. The van der Waals surface area contributed by atoms with E-state index in [4.69, 9.17) is 9.47 Å². The molecule has 24 heavy (non-hydrogen) atoms. The molecule has 0 bridgehead atoms. The van der Waals surface area contributed by atoms with Crippen LogP contribution in [0.4, 0.5) is 25.0 Å². The predicted molar refractivity (Wildman–Crippen MR) is 81.1 cm³/mol. The summed E-state index contributed by atoms with van der Waals surface area (Å²) in [6.45, 7) is 1.46. The van der Waals surface area contributed by atoms with Crippen LogP contribution in [0.25, 0.3) is 0 Å². The number of amides is 2. The third-order valence-electron chi connectivity index (χ3n) is 3.99. The van der Waals surface area contributed by atoms with Gasteiger partial charge in [-0.05, 0) is 0 Å². The highest BCUT2D eigenvalue weighted by atomic mass is 19.1. The molecule has 1 unspecified atom stereocenters. The van der Waals surface area contributed by atoms with Gasteiger partial charge in [0.1, 0.15) is 5.69 Å². The molecule has 1 aromatic rings. The van der Waals surface area contributed by atoms with Crippen molar-refractivity contribution in [1.82, 2.24) is 5.32 Å². The van der Waals surface area contributed by atoms with Crippen molar-refractivity contribution in [2.45, 2.75) is 6.10 Å². The molecule has 3 rings (SSSR count). The summed E-state index contributed by atoms with van der Waals surface area (Å²) >= 11 is 0. The summed E-state index contributed by atoms with van der Waals surface area (Å²) in [7, 11) is 1.41. The molecule has 1 aromatic carbocycles. The number of likely N-dealkylation sites (N-methyl/N-ethyl adjacent to an activating group) is 1. The molecule has 2 saturated heterocycles. The van der Waals surface area contributed by atoms with Crippen LogP contribution in [0.3, 0.4) is 0 Å². The Kier molecular flexibility index (Phi) is 4.52. The molecule has 2 amide bonds. The number of halogens is 2. The van der Waals surface area contributed by atoms with Crippen molar-refractivity contribution in [3.05, 3.63) is 23.8 Å². The van der Waals surface area contributed by atoms with E-state index in [1.807, 2.05) is 0 Å². The van der Waals surface area contributed by atoms with Crippen LogP contribution in [0, 0.1) is 11.6 Å². The van der Waals surface area contributed by atoms with Crippen molar-refractivity contribution in [2.75, 3.05) is 49.7 Å². The fourth-order valence-electron chi connectivity index (χ4n) is 2.77. The lowest BCUT2D eigenvalue weighted by molar-refractivity contribution is -0.127. The number of ether oxygens (including phenoxy) is 2. The number of morpholine rings is 1. The molecular weight excluding hydrogens is 324 g/mol. The minimum atomic E-state index is -1.01. The molecule has 9 heteroatoms. The second-order valence-electron chi connectivity index (χ2n) is 5.45. The highest BCUT2D eigenvalue weighted by Crippen LogP contribution is 2.31. The smallest absolute Gasteiger partial charge is 0.415 e. The molecule has 2 heterocycles. The first-order valence-corrected chi connectivity index (χ1v) is 7.52. The molecular formula is C15H17F2N3O4. The van der Waals surface area contributed by atoms with Gasteiger partial charge in [-0.15, -0.1) is 0 Å². The van der Waals surface area contributed by atoms with E-state index in [0.717, 1.165) is 17.0 Å². The zero-order chi connectivity index (χ0) is 17.3. The maximum absolute atomic E-state index is 14.4. The maximum Gasteiger partial charge on any atom is 0.415 e. The minimum absolute atomic E-state index is 0.0124. The second kappa shape index (κ2) is 6.60. The van der Waals surface area contributed by atoms with Crippen molar-refractivity contribution in [1.29, 1.82) is 0 Å². The van der Waals surface area contributed by atoms with E-state index in [1.54, 1.807) is 4.90 Å². The number of carbonyl (C=O) groups is 2. The molecule has 0 saturated carbocycles. The van der Waals surface area contributed by atoms with Gasteiger partial charge in [0, 0.05) is 32.3 Å². The van der Waals surface area contributed by atoms with Gasteiger partial charge in [0.05, 0.1) is 25.4 Å². The predicted octanol–water partition coefficient (Wildman–Crippen LogP) is 0.873. The normalized spacial score (nSPS) is 21.0. The van der Waals surface area contributed by atoms with Crippen LogP contribution in [0.2, 0.25) is 0 Å². The van der Waals surface area contributed by atoms with Crippen LogP contribution >= 0.6 is 0 Å². The number of anilines is 2. The summed E-state index contributed by atoms with van der Waals surface area (Å²) in [5, 5.41) is 2.36. The summed E-state index contributed by atoms with van der Waals surface area (Å²) < 4.78 is 38.9. The average molecular weight is 341 g/mol. The number of rotatable bonds is 3. The maximum atomic E-state index is 14.4. The van der Waals surface area contributed by atoms with Crippen molar-refractivity contribution >= 4 is 23.4 Å². The van der Waals surface area contributed by atoms with Crippen LogP contribution in [-0.4, -0.2) is 58.0 Å². The van der Waals surface area contributed by atoms with E-state index in [-0.39, 0.29) is 17.9 Å². The van der Waals surface area contributed by atoms with E-state index < -0.39 is 29.7 Å². The summed E-state index contributed by atoms with van der Waals surface area (Å²) in [6, 6.07) is 2.14. The lowest BCUT2D eigenvalue weighted by atomic mass is 10.2. The lowest BCUT2D eigenvalue weighted by Gasteiger charge is -2.29. The second-order valence-corrected chi connectivity index (χ2v) is 5.45. The van der Waals surface area contributed by atoms with Gasteiger partial charge in [0.15, 0.2) is 17.7 Å². The quantitative estimate of drug-likeness (QED) is 0.883. The number of cyclic esters (lactones) is 1. The first kappa shape index (κ1) is 16.4. The third kappa shape index (κ3) is 2.99. The Hall–Kier alpha value is -2.42. The minimum Gasteiger partial charge on any atom is -0.434 e. The van der Waals surface area contributed by atoms with Crippen molar-refractivity contribution in [3.63, 3.8) is 0 Å². The van der Waals surface area contributed by atoms with Crippen molar-refractivity contribution < 1.29 is 27.8 Å². The Bertz CT molecular complexity index is 641. The largest absolute Gasteiger partial charge is 0.434 e. The summed E-state index contributed by atoms with van der Waals surface area (Å²) in [4.78, 5) is 26.0. The molecule has 2 aliphatic heterocycles. The van der Waals surface area contributed by atoms with Gasteiger partial charge in [0.25, 0.3) is 5.91 Å². The van der Waals surface area contributed by atoms with Gasteiger partial charge in [-0.1, -0.05) is 0 Å². The summed E-state index contributed by atoms with van der Waals surface area (Å²) in [5.74, 6) is -2.03. The number of hydrogen-bond donors (Lipinski definition) is 1. The van der Waals surface area contributed by atoms with Crippen molar-refractivity contribution in [3.8, 4) is 0 Å². The van der Waals surface area contributed by atoms with Crippen LogP contribution in [0.1, 0.15) is 0 Å². The van der Waals surface area contributed by atoms with E-state index in [1.165, 1.54) is 7.05 Å². The molecule has 0 aromatic heterocycles. The average Bonchev–Trinajstić information content (AvgIpc) is 2.96. The van der Waals surface area contributed by atoms with E-state index >= 15 is 0 Å². The first-order chi connectivity index (χ1) is 11.5. The first-order valence-electron chi connectivity index (χ1n) is 7.52. The highest BCUT2D eigenvalue weighted by Gasteiger charge is 2.37. The summed E-state index contributed by atoms with van der Waals surface area (Å²) in [5.41, 5.74) is -0.129. The Labute approximate surface area is 137 Å². The molecule has 2 fully saturated rings. The SMILES string of the molecule is CNC(=O)C1CN(c2cc(F)c(N3CCOCC3)c(F)c2)C(=O)O1. The lowest BCUT2D eigenvalue weighted by Crippen LogP contribution is -2.37. The summed E-state index contributed by atoms with van der Waals surface area (Å²) in [6.07, 6.45) is -1.82. The Morgan fingerprint density at radius 1 is 1.25 bits per heavy atom. The molecule has 130 valence electrons. The molecule has 1 N–H and O–H groups in total. The fourth-order valence-corrected chi connectivity index (χ4v) is 2.77. The standard InChI is InChI=1S/C15H17F2N3O4/c1-18-14(21)12-8-20(15(22)24-12)9-6-10(16)13(11(17)7-9)19-2-4-23-5-3-19/h6-7,12H,2-5,8H2,1H3,(H,18,21). The van der Waals surface area contributed by atoms with E-state index in [0.29, 0.717) is 26.3 Å². The molecule has 2 aliphatic rings. The Morgan fingerprint density at radius 2 is 1.88 bits per heavy atom. The van der Waals surface area contributed by atoms with Crippen LogP contribution < -0.4 is 15.1 Å². The molecule has 7 nitrogen and oxygen atoms in total. The topological polar surface area (TPSA) is 71.1 Å². The number of carbonyl (C=O) groups excluding carboxylic acids is 2. The number of nitrogens with one attached hydrogen (secondary N) is 1. The third-order valence-corrected chi connectivity index (χ3v) is 3.99. The number of hydrogen-bond acceptors (Lipinski definition) is 5. The molecule has 0 radical (unpaired) electrons. The Morgan fingerprint density at radius 3 is 2.46 bits per heavy atom. The van der Waals surface area contributed by atoms with Gasteiger partial charge in [0.2, 0.25) is 0 Å². The molecule has 1 atom stereocenters. The van der Waals surface area contributed by atoms with Gasteiger partial charge in [-0.25, -0.2) is 13.6 Å². The zero-order valence-corrected chi connectivity index (χ0v) is 13.1. The van der Waals surface area contributed by atoms with Gasteiger partial charge < -0.3 is 19.7 Å². The highest BCUT2D eigenvalue weighted by molar-refractivity contribution is 5.95. The molecule has 0 spiro atoms. The monoisotopic (exact) mass is 341 g/mol. The van der Waals surface area contributed by atoms with Gasteiger partial charge in [-0.3, -0.25) is 9.69 Å². The van der Waals surface area contributed by atoms with Crippen LogP contribution in [0.5, 0.6) is 0 Å². The number of benzene rings is 1. The van der Waals surface area contributed by atoms with Crippen LogP contribution in [0.15, 0.2) is 12.1 Å². The van der Waals surface area contributed by atoms with Gasteiger partial charge >= 0.3 is 6.09 Å². The zero-order valence-electron chi connectivity index (χ0n) is 13.1. The van der Waals surface area contributed by atoms with E-state index in [2.05, 4.69) is 5.32 Å². The van der Waals surface area contributed by atoms with Gasteiger partial charge in [-0.2, -0.15) is 0 Å². The van der Waals surface area contributed by atoms with E-state index in [9.17, 15) is 18.4 Å².